The first kappa shape index (κ1) is 96.6. The molecule has 0 aromatic heterocycles. The SMILES string of the molecule is CC/C=C\C/C=C\C/C=C\C/C=C\C/C=C\C/C=C\C/C=C\C/C=C\CCCCCCCCCCCCCCC(=O)NC(COC1OC(CO)C(OC2OC(CO)C(OC3OC(CO)C(O)C(O)C3O)C(O)C2O)C(O)C1O)C(O)/C=C/CCCCCCCCCCCCCCCCCCCCCCCC. The van der Waals surface area contributed by atoms with E-state index in [1.165, 1.54) is 167 Å². The molecule has 106 heavy (non-hydrogen) atoms. The van der Waals surface area contributed by atoms with E-state index in [1.54, 1.807) is 6.08 Å². The first-order chi connectivity index (χ1) is 51.8. The van der Waals surface area contributed by atoms with Crippen molar-refractivity contribution in [3.8, 4) is 0 Å². The minimum atomic E-state index is -1.98. The number of rotatable bonds is 66. The van der Waals surface area contributed by atoms with Crippen LogP contribution < -0.4 is 5.32 Å². The molecule has 0 bridgehead atoms. The number of carbonyl (C=O) groups excluding carboxylic acids is 1. The first-order valence-corrected chi connectivity index (χ1v) is 42.1. The van der Waals surface area contributed by atoms with Crippen LogP contribution in [0.5, 0.6) is 0 Å². The minimum Gasteiger partial charge on any atom is -0.394 e. The Bertz CT molecular complexity index is 2340. The second kappa shape index (κ2) is 66.1. The molecular formula is C87H151NO18. The van der Waals surface area contributed by atoms with Gasteiger partial charge in [-0.05, 0) is 83.5 Å². The Morgan fingerprint density at radius 3 is 1.02 bits per heavy atom. The summed E-state index contributed by atoms with van der Waals surface area (Å²) in [7, 11) is 0. The molecule has 0 aliphatic carbocycles. The molecule has 0 aromatic carbocycles. The van der Waals surface area contributed by atoms with Gasteiger partial charge in [-0.15, -0.1) is 0 Å². The van der Waals surface area contributed by atoms with Crippen LogP contribution in [-0.2, 0) is 33.2 Å². The predicted octanol–water partition coefficient (Wildman–Crippen LogP) is 14.9. The molecule has 0 spiro atoms. The van der Waals surface area contributed by atoms with Crippen LogP contribution in [0.4, 0.5) is 0 Å². The Kier molecular flexibility index (Phi) is 60.3. The third-order valence-electron chi connectivity index (χ3n) is 20.3. The fourth-order valence-corrected chi connectivity index (χ4v) is 13.6. The van der Waals surface area contributed by atoms with Crippen molar-refractivity contribution in [3.63, 3.8) is 0 Å². The zero-order chi connectivity index (χ0) is 76.7. The summed E-state index contributed by atoms with van der Waals surface area (Å²) < 4.78 is 34.5. The fraction of sp³-hybridized carbons (Fsp3) is 0.782. The van der Waals surface area contributed by atoms with E-state index < -0.39 is 124 Å². The summed E-state index contributed by atoms with van der Waals surface area (Å²) in [6.07, 6.45) is 64.9. The number of ether oxygens (including phenoxy) is 6. The maximum atomic E-state index is 13.5. The Hall–Kier alpha value is -3.55. The number of nitrogens with one attached hydrogen (secondary N) is 1. The monoisotopic (exact) mass is 1500 g/mol. The lowest BCUT2D eigenvalue weighted by Crippen LogP contribution is -2.66. The van der Waals surface area contributed by atoms with Gasteiger partial charge < -0.3 is 89.9 Å². The molecule has 3 aliphatic heterocycles. The van der Waals surface area contributed by atoms with Crippen LogP contribution in [0.2, 0.25) is 0 Å². The van der Waals surface area contributed by atoms with Crippen molar-refractivity contribution in [2.24, 2.45) is 0 Å². The summed E-state index contributed by atoms with van der Waals surface area (Å²) in [4.78, 5) is 13.5. The molecule has 12 N–H and O–H groups in total. The molecule has 19 heteroatoms. The maximum Gasteiger partial charge on any atom is 0.220 e. The highest BCUT2D eigenvalue weighted by atomic mass is 16.8. The highest BCUT2D eigenvalue weighted by Crippen LogP contribution is 2.33. The van der Waals surface area contributed by atoms with Gasteiger partial charge in [0, 0.05) is 6.42 Å². The second-order valence-electron chi connectivity index (χ2n) is 29.6. The molecule has 0 aromatic rings. The number of carbonyl (C=O) groups is 1. The quantitative estimate of drug-likeness (QED) is 0.0199. The van der Waals surface area contributed by atoms with Crippen molar-refractivity contribution in [1.29, 1.82) is 0 Å². The van der Waals surface area contributed by atoms with E-state index in [1.807, 2.05) is 6.08 Å². The average molecular weight is 1500 g/mol. The van der Waals surface area contributed by atoms with E-state index in [4.69, 9.17) is 28.4 Å². The Morgan fingerprint density at radius 2 is 0.651 bits per heavy atom. The number of unbranched alkanes of at least 4 members (excludes halogenated alkanes) is 34. The lowest BCUT2D eigenvalue weighted by atomic mass is 9.96. The zero-order valence-electron chi connectivity index (χ0n) is 65.6. The molecular weight excluding hydrogens is 1350 g/mol. The van der Waals surface area contributed by atoms with Gasteiger partial charge >= 0.3 is 0 Å². The van der Waals surface area contributed by atoms with Gasteiger partial charge in [0.15, 0.2) is 18.9 Å². The van der Waals surface area contributed by atoms with Crippen molar-refractivity contribution >= 4 is 5.91 Å². The molecule has 3 saturated heterocycles. The molecule has 17 unspecified atom stereocenters. The van der Waals surface area contributed by atoms with E-state index in [0.29, 0.717) is 6.42 Å². The minimum absolute atomic E-state index is 0.236. The van der Waals surface area contributed by atoms with Gasteiger partial charge in [-0.2, -0.15) is 0 Å². The highest BCUT2D eigenvalue weighted by Gasteiger charge is 2.54. The molecule has 0 radical (unpaired) electrons. The Balaban J connectivity index is 1.35. The van der Waals surface area contributed by atoms with Crippen LogP contribution in [0.1, 0.15) is 303 Å². The zero-order valence-corrected chi connectivity index (χ0v) is 65.6. The van der Waals surface area contributed by atoms with Crippen molar-refractivity contribution in [3.05, 3.63) is 109 Å². The van der Waals surface area contributed by atoms with Gasteiger partial charge in [-0.25, -0.2) is 0 Å². The van der Waals surface area contributed by atoms with Gasteiger partial charge in [0.1, 0.15) is 73.2 Å². The van der Waals surface area contributed by atoms with E-state index in [0.717, 1.165) is 109 Å². The predicted molar refractivity (Wildman–Crippen MR) is 424 cm³/mol. The molecule has 17 atom stereocenters. The number of aliphatic hydroxyl groups excluding tert-OH is 11. The van der Waals surface area contributed by atoms with Crippen LogP contribution in [0.25, 0.3) is 0 Å². The molecule has 3 fully saturated rings. The second-order valence-corrected chi connectivity index (χ2v) is 29.6. The van der Waals surface area contributed by atoms with Crippen LogP contribution in [0, 0.1) is 0 Å². The Morgan fingerprint density at radius 1 is 0.349 bits per heavy atom. The molecule has 3 heterocycles. The standard InChI is InChI=1S/C87H151NO18/c1-3-5-7-9-11-13-15-17-19-21-23-25-27-29-30-31-32-33-34-35-36-37-38-39-40-41-43-45-47-49-51-53-55-57-59-61-63-65-75(93)88-70(71(92)64-62-60-58-56-54-52-50-48-46-44-42-28-26-24-22-20-18-16-14-12-10-8-6-4-2)69-101-85-81(99)78(96)83(73(67-90)103-85)106-87-82(100)79(97)84(74(68-91)104-87)105-86-80(98)77(95)76(94)72(66-89)102-86/h5,7,11,13,17,19,23,25,29-30,32-33,35-36,38-39,62,64,70-74,76-87,89-92,94-100H,3-4,6,8-10,12,14-16,18,20-22,24,26-28,31,34,37,40-61,63,65-69H2,1-2H3,(H,88,93)/b7-5-,13-11-,19-17-,25-23-,30-29-,33-32-,36-35-,39-38-,64-62+. The van der Waals surface area contributed by atoms with Gasteiger partial charge in [0.25, 0.3) is 0 Å². The molecule has 612 valence electrons. The smallest absolute Gasteiger partial charge is 0.220 e. The van der Waals surface area contributed by atoms with Gasteiger partial charge in [0.05, 0.1) is 38.6 Å². The fourth-order valence-electron chi connectivity index (χ4n) is 13.6. The third kappa shape index (κ3) is 45.1. The topological polar surface area (TPSA) is 307 Å². The van der Waals surface area contributed by atoms with E-state index >= 15 is 0 Å². The summed E-state index contributed by atoms with van der Waals surface area (Å²) in [5.74, 6) is -0.278. The van der Waals surface area contributed by atoms with E-state index in [9.17, 15) is 61.0 Å². The number of amides is 1. The third-order valence-corrected chi connectivity index (χ3v) is 20.3. The molecule has 1 amide bonds. The number of hydrogen-bond acceptors (Lipinski definition) is 18. The van der Waals surface area contributed by atoms with Crippen molar-refractivity contribution in [1.82, 2.24) is 5.32 Å². The maximum absolute atomic E-state index is 13.5. The van der Waals surface area contributed by atoms with Crippen molar-refractivity contribution in [2.75, 3.05) is 26.4 Å². The number of aliphatic hydroxyl groups is 11. The lowest BCUT2D eigenvalue weighted by Gasteiger charge is -2.48. The lowest BCUT2D eigenvalue weighted by molar-refractivity contribution is -0.379. The molecule has 3 aliphatic rings. The molecule has 19 nitrogen and oxygen atoms in total. The highest BCUT2D eigenvalue weighted by molar-refractivity contribution is 5.76. The number of hydrogen-bond donors (Lipinski definition) is 12. The van der Waals surface area contributed by atoms with E-state index in [-0.39, 0.29) is 18.9 Å². The first-order valence-electron chi connectivity index (χ1n) is 42.1. The van der Waals surface area contributed by atoms with Crippen LogP contribution in [0.3, 0.4) is 0 Å². The summed E-state index contributed by atoms with van der Waals surface area (Å²) in [6.45, 7) is 1.65. The van der Waals surface area contributed by atoms with E-state index in [2.05, 4.69) is 116 Å². The van der Waals surface area contributed by atoms with Gasteiger partial charge in [0.2, 0.25) is 5.91 Å². The van der Waals surface area contributed by atoms with Crippen LogP contribution >= 0.6 is 0 Å². The summed E-state index contributed by atoms with van der Waals surface area (Å²) in [6, 6.07) is -0.982. The van der Waals surface area contributed by atoms with Gasteiger partial charge in [-0.1, -0.05) is 322 Å². The Labute approximate surface area is 640 Å². The summed E-state index contributed by atoms with van der Waals surface area (Å²) >= 11 is 0. The normalized spacial score (nSPS) is 26.2. The molecule has 3 rings (SSSR count). The largest absolute Gasteiger partial charge is 0.394 e. The summed E-state index contributed by atoms with van der Waals surface area (Å²) in [5.41, 5.74) is 0. The van der Waals surface area contributed by atoms with Crippen molar-refractivity contribution < 1.29 is 89.4 Å². The van der Waals surface area contributed by atoms with Crippen LogP contribution in [-0.4, -0.2) is 193 Å². The van der Waals surface area contributed by atoms with Gasteiger partial charge in [-0.3, -0.25) is 4.79 Å². The van der Waals surface area contributed by atoms with Crippen LogP contribution in [0.15, 0.2) is 109 Å². The number of allylic oxidation sites excluding steroid dienone is 17. The van der Waals surface area contributed by atoms with Crippen molar-refractivity contribution in [2.45, 2.75) is 407 Å². The average Bonchev–Trinajstić information content (AvgIpc) is 0.780. The summed E-state index contributed by atoms with van der Waals surface area (Å²) in [5, 5.41) is 121. The molecule has 0 saturated carbocycles.